The standard InChI is InChI=1S/C11H13Br2N3/c1-3-16(7-8(2)5-14)11-10(13)4-9(12)6-15-11/h4,6,8H,3,7H2,1-2H3. The molecular formula is C11H13Br2N3. The molecule has 1 rings (SSSR count). The molecule has 1 atom stereocenters. The summed E-state index contributed by atoms with van der Waals surface area (Å²) in [5.41, 5.74) is 0. The third kappa shape index (κ3) is 3.46. The van der Waals surface area contributed by atoms with Crippen LogP contribution < -0.4 is 4.90 Å². The van der Waals surface area contributed by atoms with Crippen LogP contribution >= 0.6 is 31.9 Å². The van der Waals surface area contributed by atoms with E-state index in [0.717, 1.165) is 21.3 Å². The molecule has 0 spiro atoms. The fourth-order valence-corrected chi connectivity index (χ4v) is 2.62. The SMILES string of the molecule is CCN(CC(C)C#N)c1ncc(Br)cc1Br. The van der Waals surface area contributed by atoms with E-state index in [-0.39, 0.29) is 5.92 Å². The van der Waals surface area contributed by atoms with Crippen molar-refractivity contribution in [1.29, 1.82) is 5.26 Å². The maximum atomic E-state index is 8.82. The van der Waals surface area contributed by atoms with Gasteiger partial charge >= 0.3 is 0 Å². The summed E-state index contributed by atoms with van der Waals surface area (Å²) in [7, 11) is 0. The molecule has 0 N–H and O–H groups in total. The van der Waals surface area contributed by atoms with Gasteiger partial charge in [-0.15, -0.1) is 0 Å². The second-order valence-corrected chi connectivity index (χ2v) is 5.30. The van der Waals surface area contributed by atoms with E-state index >= 15 is 0 Å². The number of anilines is 1. The molecule has 0 amide bonds. The van der Waals surface area contributed by atoms with Gasteiger partial charge in [-0.2, -0.15) is 5.26 Å². The van der Waals surface area contributed by atoms with Crippen LogP contribution in [0.25, 0.3) is 0 Å². The van der Waals surface area contributed by atoms with Crippen molar-refractivity contribution in [2.75, 3.05) is 18.0 Å². The van der Waals surface area contributed by atoms with E-state index in [9.17, 15) is 0 Å². The van der Waals surface area contributed by atoms with Crippen molar-refractivity contribution in [1.82, 2.24) is 4.98 Å². The van der Waals surface area contributed by atoms with Crippen LogP contribution in [0.4, 0.5) is 5.82 Å². The van der Waals surface area contributed by atoms with E-state index in [1.54, 1.807) is 6.20 Å². The maximum absolute atomic E-state index is 8.82. The second kappa shape index (κ2) is 6.21. The van der Waals surface area contributed by atoms with Gasteiger partial charge in [-0.3, -0.25) is 0 Å². The molecule has 0 aliphatic carbocycles. The summed E-state index contributed by atoms with van der Waals surface area (Å²) in [6, 6.07) is 4.20. The molecule has 16 heavy (non-hydrogen) atoms. The Bertz CT molecular complexity index is 401. The Morgan fingerprint density at radius 2 is 2.25 bits per heavy atom. The lowest BCUT2D eigenvalue weighted by Gasteiger charge is -2.24. The number of nitrogens with zero attached hydrogens (tertiary/aromatic N) is 3. The number of pyridine rings is 1. The van der Waals surface area contributed by atoms with Crippen LogP contribution in [0, 0.1) is 17.2 Å². The first-order valence-electron chi connectivity index (χ1n) is 5.04. The highest BCUT2D eigenvalue weighted by molar-refractivity contribution is 9.11. The molecule has 0 saturated carbocycles. The number of nitriles is 1. The predicted octanol–water partition coefficient (Wildman–Crippen LogP) is 3.59. The van der Waals surface area contributed by atoms with Gasteiger partial charge in [-0.25, -0.2) is 4.98 Å². The van der Waals surface area contributed by atoms with Crippen molar-refractivity contribution in [2.24, 2.45) is 5.92 Å². The fourth-order valence-electron chi connectivity index (χ4n) is 1.38. The lowest BCUT2D eigenvalue weighted by Crippen LogP contribution is -2.28. The first kappa shape index (κ1) is 13.5. The molecule has 1 heterocycles. The van der Waals surface area contributed by atoms with Gasteiger partial charge < -0.3 is 4.90 Å². The van der Waals surface area contributed by atoms with E-state index in [1.165, 1.54) is 0 Å². The maximum Gasteiger partial charge on any atom is 0.142 e. The van der Waals surface area contributed by atoms with Crippen molar-refractivity contribution >= 4 is 37.7 Å². The summed E-state index contributed by atoms with van der Waals surface area (Å²) in [4.78, 5) is 6.45. The molecule has 0 aliphatic heterocycles. The Hall–Kier alpha value is -0.600. The van der Waals surface area contributed by atoms with E-state index in [1.807, 2.05) is 13.0 Å². The molecule has 86 valence electrons. The largest absolute Gasteiger partial charge is 0.355 e. The van der Waals surface area contributed by atoms with Gasteiger partial charge in [0.2, 0.25) is 0 Å². The number of hydrogen-bond donors (Lipinski definition) is 0. The number of hydrogen-bond acceptors (Lipinski definition) is 3. The van der Waals surface area contributed by atoms with Crippen LogP contribution in [0.1, 0.15) is 13.8 Å². The molecule has 0 aromatic carbocycles. The molecule has 0 fully saturated rings. The lowest BCUT2D eigenvalue weighted by atomic mass is 10.2. The number of halogens is 2. The van der Waals surface area contributed by atoms with Crippen molar-refractivity contribution < 1.29 is 0 Å². The minimum absolute atomic E-state index is 0.00250. The van der Waals surface area contributed by atoms with Gasteiger partial charge in [-0.1, -0.05) is 0 Å². The topological polar surface area (TPSA) is 39.9 Å². The third-order valence-corrected chi connectivity index (χ3v) is 3.20. The smallest absolute Gasteiger partial charge is 0.142 e. The zero-order valence-corrected chi connectivity index (χ0v) is 12.4. The molecule has 1 aromatic heterocycles. The Labute approximate surface area is 113 Å². The highest BCUT2D eigenvalue weighted by Gasteiger charge is 2.13. The highest BCUT2D eigenvalue weighted by Crippen LogP contribution is 2.27. The lowest BCUT2D eigenvalue weighted by molar-refractivity contribution is 0.678. The van der Waals surface area contributed by atoms with E-state index < -0.39 is 0 Å². The molecule has 1 aromatic rings. The predicted molar refractivity (Wildman–Crippen MR) is 72.3 cm³/mol. The number of rotatable bonds is 4. The van der Waals surface area contributed by atoms with Gasteiger partial charge in [0.1, 0.15) is 5.82 Å². The normalized spacial score (nSPS) is 11.9. The first-order valence-corrected chi connectivity index (χ1v) is 6.62. The quantitative estimate of drug-likeness (QED) is 0.836. The van der Waals surface area contributed by atoms with Crippen molar-refractivity contribution in [3.05, 3.63) is 21.2 Å². The van der Waals surface area contributed by atoms with Gasteiger partial charge in [0.05, 0.1) is 16.5 Å². The average Bonchev–Trinajstić information content (AvgIpc) is 2.26. The molecular weight excluding hydrogens is 334 g/mol. The van der Waals surface area contributed by atoms with Gasteiger partial charge in [0.25, 0.3) is 0 Å². The number of aromatic nitrogens is 1. The molecule has 0 saturated heterocycles. The van der Waals surface area contributed by atoms with E-state index in [4.69, 9.17) is 5.26 Å². The van der Waals surface area contributed by atoms with Crippen LogP contribution in [0.2, 0.25) is 0 Å². The highest BCUT2D eigenvalue weighted by atomic mass is 79.9. The molecule has 1 unspecified atom stereocenters. The van der Waals surface area contributed by atoms with Crippen LogP contribution in [0.15, 0.2) is 21.2 Å². The summed E-state index contributed by atoms with van der Waals surface area (Å²) in [6.07, 6.45) is 1.76. The molecule has 0 aliphatic rings. The van der Waals surface area contributed by atoms with Crippen LogP contribution in [0.3, 0.4) is 0 Å². The van der Waals surface area contributed by atoms with Gasteiger partial charge in [-0.05, 0) is 51.8 Å². The summed E-state index contributed by atoms with van der Waals surface area (Å²) < 4.78 is 1.88. The molecule has 5 heteroatoms. The van der Waals surface area contributed by atoms with Crippen LogP contribution in [0.5, 0.6) is 0 Å². The van der Waals surface area contributed by atoms with Crippen LogP contribution in [-0.4, -0.2) is 18.1 Å². The fraction of sp³-hybridized carbons (Fsp3) is 0.455. The Balaban J connectivity index is 2.91. The van der Waals surface area contributed by atoms with Crippen molar-refractivity contribution in [3.63, 3.8) is 0 Å². The van der Waals surface area contributed by atoms with Gasteiger partial charge in [0, 0.05) is 23.8 Å². The monoisotopic (exact) mass is 345 g/mol. The summed E-state index contributed by atoms with van der Waals surface area (Å²) in [6.45, 7) is 5.50. The summed E-state index contributed by atoms with van der Waals surface area (Å²) >= 11 is 6.85. The second-order valence-electron chi connectivity index (χ2n) is 3.53. The summed E-state index contributed by atoms with van der Waals surface area (Å²) in [5, 5.41) is 8.82. The van der Waals surface area contributed by atoms with Crippen LogP contribution in [-0.2, 0) is 0 Å². The Kier molecular flexibility index (Phi) is 5.23. The zero-order valence-electron chi connectivity index (χ0n) is 9.24. The molecule has 0 radical (unpaired) electrons. The average molecular weight is 347 g/mol. The first-order chi connectivity index (χ1) is 7.58. The minimum atomic E-state index is -0.00250. The Morgan fingerprint density at radius 1 is 1.56 bits per heavy atom. The van der Waals surface area contributed by atoms with E-state index in [2.05, 4.69) is 54.7 Å². The molecule has 3 nitrogen and oxygen atoms in total. The van der Waals surface area contributed by atoms with E-state index in [0.29, 0.717) is 6.54 Å². The Morgan fingerprint density at radius 3 is 2.75 bits per heavy atom. The van der Waals surface area contributed by atoms with Crippen molar-refractivity contribution in [3.8, 4) is 6.07 Å². The third-order valence-electron chi connectivity index (χ3n) is 2.18. The molecule has 0 bridgehead atoms. The summed E-state index contributed by atoms with van der Waals surface area (Å²) in [5.74, 6) is 0.880. The van der Waals surface area contributed by atoms with Gasteiger partial charge in [0.15, 0.2) is 0 Å². The minimum Gasteiger partial charge on any atom is -0.355 e. The van der Waals surface area contributed by atoms with Crippen molar-refractivity contribution in [2.45, 2.75) is 13.8 Å². The zero-order chi connectivity index (χ0) is 12.1.